The number of hydrogen-bond donors (Lipinski definition) is 1. The lowest BCUT2D eigenvalue weighted by molar-refractivity contribution is 0.327. The number of imidazole rings is 1. The third-order valence-corrected chi connectivity index (χ3v) is 4.92. The summed E-state index contributed by atoms with van der Waals surface area (Å²) in [6, 6.07) is 0. The Labute approximate surface area is 128 Å². The quantitative estimate of drug-likeness (QED) is 0.926. The average molecular weight is 290 g/mol. The van der Waals surface area contributed by atoms with Gasteiger partial charge in [-0.2, -0.15) is 0 Å². The van der Waals surface area contributed by atoms with Gasteiger partial charge in [-0.25, -0.2) is 4.98 Å². The summed E-state index contributed by atoms with van der Waals surface area (Å²) >= 11 is 0. The molecular weight excluding hydrogens is 260 g/mol. The van der Waals surface area contributed by atoms with Gasteiger partial charge in [0.25, 0.3) is 0 Å². The van der Waals surface area contributed by atoms with E-state index in [4.69, 9.17) is 4.98 Å². The average Bonchev–Trinajstić information content (AvgIpc) is 3.04. The number of nitrogens with one attached hydrogen (secondary N) is 1. The minimum absolute atomic E-state index is 0.125. The van der Waals surface area contributed by atoms with Crippen molar-refractivity contribution < 1.29 is 0 Å². The molecule has 0 amide bonds. The van der Waals surface area contributed by atoms with E-state index in [1.165, 1.54) is 43.3 Å². The Morgan fingerprint density at radius 1 is 1.33 bits per heavy atom. The van der Waals surface area contributed by atoms with Gasteiger partial charge in [-0.1, -0.05) is 27.7 Å². The van der Waals surface area contributed by atoms with E-state index in [2.05, 4.69) is 42.5 Å². The Bertz CT molecular complexity index is 498. The van der Waals surface area contributed by atoms with Crippen molar-refractivity contribution in [2.24, 2.45) is 5.92 Å². The molecular formula is C17H30N4. The van der Waals surface area contributed by atoms with Gasteiger partial charge < -0.3 is 14.8 Å². The second-order valence-corrected chi connectivity index (χ2v) is 7.66. The first kappa shape index (κ1) is 15.0. The van der Waals surface area contributed by atoms with Crippen molar-refractivity contribution >= 4 is 0 Å². The van der Waals surface area contributed by atoms with Crippen LogP contribution in [-0.2, 0) is 24.9 Å². The monoisotopic (exact) mass is 290 g/mol. The molecule has 3 heterocycles. The normalized spacial score (nSPS) is 23.5. The molecule has 1 atom stereocenters. The van der Waals surface area contributed by atoms with E-state index in [0.29, 0.717) is 0 Å². The zero-order valence-electron chi connectivity index (χ0n) is 14.1. The number of rotatable bonds is 3. The predicted molar refractivity (Wildman–Crippen MR) is 86.6 cm³/mol. The molecule has 1 N–H and O–H groups in total. The molecule has 1 fully saturated rings. The first-order valence-corrected chi connectivity index (χ1v) is 8.51. The summed E-state index contributed by atoms with van der Waals surface area (Å²) in [6.45, 7) is 16.0. The molecule has 2 aliphatic rings. The SMILES string of the molecule is CCN1CCC(Cn2c(C(C)(C)C)nc3c2CCNC3)C1. The van der Waals surface area contributed by atoms with Crippen LogP contribution < -0.4 is 5.32 Å². The topological polar surface area (TPSA) is 33.1 Å². The molecule has 1 saturated heterocycles. The molecule has 4 nitrogen and oxygen atoms in total. The van der Waals surface area contributed by atoms with E-state index < -0.39 is 0 Å². The van der Waals surface area contributed by atoms with Crippen molar-refractivity contribution in [1.82, 2.24) is 19.8 Å². The van der Waals surface area contributed by atoms with Gasteiger partial charge in [0.2, 0.25) is 0 Å². The van der Waals surface area contributed by atoms with Crippen LogP contribution in [0.5, 0.6) is 0 Å². The fraction of sp³-hybridized carbons (Fsp3) is 0.824. The van der Waals surface area contributed by atoms with Crippen molar-refractivity contribution in [2.45, 2.75) is 59.0 Å². The fourth-order valence-electron chi connectivity index (χ4n) is 3.75. The molecule has 0 spiro atoms. The standard InChI is InChI=1S/C17H30N4/c1-5-20-9-7-13(11-20)12-21-15-6-8-18-10-14(15)19-16(21)17(2,3)4/h13,18H,5-12H2,1-4H3. The minimum atomic E-state index is 0.125. The third kappa shape index (κ3) is 3.02. The van der Waals surface area contributed by atoms with Crippen LogP contribution in [0.15, 0.2) is 0 Å². The van der Waals surface area contributed by atoms with Gasteiger partial charge in [0, 0.05) is 43.7 Å². The van der Waals surface area contributed by atoms with Crippen molar-refractivity contribution in [3.8, 4) is 0 Å². The maximum Gasteiger partial charge on any atom is 0.114 e. The highest BCUT2D eigenvalue weighted by atomic mass is 15.2. The van der Waals surface area contributed by atoms with Crippen LogP contribution in [0.2, 0.25) is 0 Å². The summed E-state index contributed by atoms with van der Waals surface area (Å²) in [5.41, 5.74) is 2.91. The summed E-state index contributed by atoms with van der Waals surface area (Å²) in [4.78, 5) is 7.57. The van der Waals surface area contributed by atoms with Crippen LogP contribution in [0.3, 0.4) is 0 Å². The number of nitrogens with zero attached hydrogens (tertiary/aromatic N) is 3. The highest BCUT2D eigenvalue weighted by molar-refractivity contribution is 5.23. The lowest BCUT2D eigenvalue weighted by Gasteiger charge is -2.24. The molecule has 118 valence electrons. The maximum absolute atomic E-state index is 4.99. The highest BCUT2D eigenvalue weighted by Gasteiger charge is 2.30. The van der Waals surface area contributed by atoms with E-state index in [1.54, 1.807) is 0 Å². The summed E-state index contributed by atoms with van der Waals surface area (Å²) in [5.74, 6) is 2.07. The molecule has 0 aliphatic carbocycles. The van der Waals surface area contributed by atoms with E-state index in [9.17, 15) is 0 Å². The fourth-order valence-corrected chi connectivity index (χ4v) is 3.75. The number of likely N-dealkylation sites (tertiary alicyclic amines) is 1. The molecule has 2 aliphatic heterocycles. The molecule has 0 saturated carbocycles. The third-order valence-electron chi connectivity index (χ3n) is 4.92. The summed E-state index contributed by atoms with van der Waals surface area (Å²) in [6.07, 6.45) is 2.46. The predicted octanol–water partition coefficient (Wildman–Crippen LogP) is 2.17. The van der Waals surface area contributed by atoms with Gasteiger partial charge >= 0.3 is 0 Å². The number of aromatic nitrogens is 2. The van der Waals surface area contributed by atoms with Crippen LogP contribution in [0, 0.1) is 5.92 Å². The molecule has 3 rings (SSSR count). The molecule has 1 unspecified atom stereocenters. The molecule has 0 bridgehead atoms. The first-order chi connectivity index (χ1) is 9.99. The second kappa shape index (κ2) is 5.73. The van der Waals surface area contributed by atoms with Crippen LogP contribution >= 0.6 is 0 Å². The molecule has 21 heavy (non-hydrogen) atoms. The lowest BCUT2D eigenvalue weighted by Crippen LogP contribution is -2.28. The van der Waals surface area contributed by atoms with Gasteiger partial charge in [0.15, 0.2) is 0 Å². The summed E-state index contributed by atoms with van der Waals surface area (Å²) in [7, 11) is 0. The van der Waals surface area contributed by atoms with Gasteiger partial charge in [-0.05, 0) is 25.4 Å². The second-order valence-electron chi connectivity index (χ2n) is 7.66. The maximum atomic E-state index is 4.99. The van der Waals surface area contributed by atoms with E-state index in [-0.39, 0.29) is 5.41 Å². The van der Waals surface area contributed by atoms with Crippen molar-refractivity contribution in [1.29, 1.82) is 0 Å². The van der Waals surface area contributed by atoms with Crippen molar-refractivity contribution in [3.05, 3.63) is 17.2 Å². The Morgan fingerprint density at radius 3 is 2.81 bits per heavy atom. The van der Waals surface area contributed by atoms with Gasteiger partial charge in [0.1, 0.15) is 5.82 Å². The molecule has 1 aromatic heterocycles. The molecule has 0 aromatic carbocycles. The molecule has 1 aromatic rings. The molecule has 4 heteroatoms. The summed E-state index contributed by atoms with van der Waals surface area (Å²) < 4.78 is 2.57. The molecule has 0 radical (unpaired) electrons. The van der Waals surface area contributed by atoms with Crippen LogP contribution in [0.4, 0.5) is 0 Å². The van der Waals surface area contributed by atoms with Crippen LogP contribution in [0.1, 0.15) is 51.3 Å². The number of hydrogen-bond acceptors (Lipinski definition) is 3. The van der Waals surface area contributed by atoms with Crippen molar-refractivity contribution in [2.75, 3.05) is 26.2 Å². The highest BCUT2D eigenvalue weighted by Crippen LogP contribution is 2.29. The van der Waals surface area contributed by atoms with Crippen molar-refractivity contribution in [3.63, 3.8) is 0 Å². The Balaban J connectivity index is 1.87. The smallest absolute Gasteiger partial charge is 0.114 e. The number of fused-ring (bicyclic) bond motifs is 1. The van der Waals surface area contributed by atoms with E-state index >= 15 is 0 Å². The Morgan fingerprint density at radius 2 is 2.14 bits per heavy atom. The van der Waals surface area contributed by atoms with Crippen LogP contribution in [-0.4, -0.2) is 40.6 Å². The van der Waals surface area contributed by atoms with Gasteiger partial charge in [0.05, 0.1) is 5.69 Å². The van der Waals surface area contributed by atoms with Gasteiger partial charge in [-0.15, -0.1) is 0 Å². The first-order valence-electron chi connectivity index (χ1n) is 8.51. The Hall–Kier alpha value is -0.870. The zero-order chi connectivity index (χ0) is 15.0. The van der Waals surface area contributed by atoms with E-state index in [1.807, 2.05) is 0 Å². The largest absolute Gasteiger partial charge is 0.331 e. The minimum Gasteiger partial charge on any atom is -0.331 e. The van der Waals surface area contributed by atoms with E-state index in [0.717, 1.165) is 32.0 Å². The van der Waals surface area contributed by atoms with Crippen LogP contribution in [0.25, 0.3) is 0 Å². The summed E-state index contributed by atoms with van der Waals surface area (Å²) in [5, 5.41) is 3.46. The zero-order valence-corrected chi connectivity index (χ0v) is 14.1. The Kier molecular flexibility index (Phi) is 4.10. The van der Waals surface area contributed by atoms with Gasteiger partial charge in [-0.3, -0.25) is 0 Å². The lowest BCUT2D eigenvalue weighted by atomic mass is 9.95.